The Kier molecular flexibility index (Phi) is 7.14. The highest BCUT2D eigenvalue weighted by Crippen LogP contribution is 2.23. The largest absolute Gasteiger partial charge is 0.497 e. The number of rotatable bonds is 8. The molecule has 0 spiro atoms. The highest BCUT2D eigenvalue weighted by molar-refractivity contribution is 5.78. The van der Waals surface area contributed by atoms with E-state index in [4.69, 9.17) is 9.26 Å². The van der Waals surface area contributed by atoms with Gasteiger partial charge >= 0.3 is 0 Å². The summed E-state index contributed by atoms with van der Waals surface area (Å²) in [4.78, 5) is 21.5. The fourth-order valence-corrected chi connectivity index (χ4v) is 3.82. The molecule has 1 amide bonds. The molecule has 0 bridgehead atoms. The normalized spacial score (nSPS) is 15.9. The van der Waals surface area contributed by atoms with Gasteiger partial charge in [-0.05, 0) is 24.6 Å². The third-order valence-corrected chi connectivity index (χ3v) is 5.78. The summed E-state index contributed by atoms with van der Waals surface area (Å²) in [7, 11) is 1.64. The van der Waals surface area contributed by atoms with E-state index >= 15 is 0 Å². The Morgan fingerprint density at radius 3 is 2.66 bits per heavy atom. The molecule has 32 heavy (non-hydrogen) atoms. The first kappa shape index (κ1) is 22.0. The number of benzene rings is 2. The van der Waals surface area contributed by atoms with Crippen LogP contribution in [0.5, 0.6) is 5.75 Å². The van der Waals surface area contributed by atoms with Gasteiger partial charge in [0, 0.05) is 38.3 Å². The number of carbonyl (C=O) groups is 1. The average molecular weight is 436 g/mol. The van der Waals surface area contributed by atoms with E-state index in [9.17, 15) is 4.79 Å². The van der Waals surface area contributed by atoms with E-state index < -0.39 is 0 Å². The maximum Gasteiger partial charge on any atom is 0.244 e. The number of hydrogen-bond donors (Lipinski definition) is 1. The molecule has 0 aliphatic carbocycles. The minimum Gasteiger partial charge on any atom is -0.497 e. The molecule has 8 heteroatoms. The third-order valence-electron chi connectivity index (χ3n) is 5.78. The Morgan fingerprint density at radius 2 is 1.91 bits per heavy atom. The average Bonchev–Trinajstić information content (AvgIpc) is 3.34. The maximum absolute atomic E-state index is 12.4. The van der Waals surface area contributed by atoms with Crippen molar-refractivity contribution in [3.8, 4) is 17.1 Å². The number of methoxy groups -OCH3 is 1. The van der Waals surface area contributed by atoms with Crippen LogP contribution >= 0.6 is 0 Å². The summed E-state index contributed by atoms with van der Waals surface area (Å²) in [5.41, 5.74) is 1.96. The SMILES string of the molecule is COc1cccc(CNC(=O)CN2CCN(C(C)c3nc(-c4ccccc4)no3)CC2)c1. The number of piperazine rings is 1. The summed E-state index contributed by atoms with van der Waals surface area (Å²) in [5, 5.41) is 7.12. The van der Waals surface area contributed by atoms with E-state index in [0.29, 0.717) is 24.8 Å². The molecule has 4 rings (SSSR count). The first-order valence-corrected chi connectivity index (χ1v) is 10.9. The zero-order valence-electron chi connectivity index (χ0n) is 18.5. The minimum atomic E-state index is 0.0266. The van der Waals surface area contributed by atoms with Gasteiger partial charge in [-0.3, -0.25) is 14.6 Å². The first-order chi connectivity index (χ1) is 15.6. The molecule has 2 aromatic carbocycles. The van der Waals surface area contributed by atoms with Gasteiger partial charge in [0.1, 0.15) is 5.75 Å². The van der Waals surface area contributed by atoms with Crippen LogP contribution in [0.3, 0.4) is 0 Å². The van der Waals surface area contributed by atoms with Crippen LogP contribution in [-0.4, -0.2) is 65.7 Å². The second-order valence-corrected chi connectivity index (χ2v) is 7.94. The van der Waals surface area contributed by atoms with Crippen LogP contribution < -0.4 is 10.1 Å². The zero-order valence-corrected chi connectivity index (χ0v) is 18.5. The predicted octanol–water partition coefficient (Wildman–Crippen LogP) is 2.74. The topological polar surface area (TPSA) is 83.7 Å². The zero-order chi connectivity index (χ0) is 22.3. The quantitative estimate of drug-likeness (QED) is 0.582. The van der Waals surface area contributed by atoms with Crippen molar-refractivity contribution < 1.29 is 14.1 Å². The maximum atomic E-state index is 12.4. The summed E-state index contributed by atoms with van der Waals surface area (Å²) >= 11 is 0. The fraction of sp³-hybridized carbons (Fsp3) is 0.375. The van der Waals surface area contributed by atoms with E-state index in [0.717, 1.165) is 43.1 Å². The Balaban J connectivity index is 1.23. The molecule has 3 aromatic rings. The Bertz CT molecular complexity index is 1020. The van der Waals surface area contributed by atoms with Crippen LogP contribution in [0.15, 0.2) is 59.1 Å². The van der Waals surface area contributed by atoms with Gasteiger partial charge in [-0.15, -0.1) is 0 Å². The molecular formula is C24H29N5O3. The molecule has 8 nitrogen and oxygen atoms in total. The highest BCUT2D eigenvalue weighted by atomic mass is 16.5. The summed E-state index contributed by atoms with van der Waals surface area (Å²) in [6.45, 7) is 6.28. The van der Waals surface area contributed by atoms with Gasteiger partial charge in [0.2, 0.25) is 17.6 Å². The summed E-state index contributed by atoms with van der Waals surface area (Å²) in [5.74, 6) is 2.05. The van der Waals surface area contributed by atoms with Crippen LogP contribution in [0.4, 0.5) is 0 Å². The van der Waals surface area contributed by atoms with Crippen molar-refractivity contribution in [1.82, 2.24) is 25.3 Å². The molecule has 2 heterocycles. The van der Waals surface area contributed by atoms with Crippen LogP contribution in [0.25, 0.3) is 11.4 Å². The molecule has 1 saturated heterocycles. The lowest BCUT2D eigenvalue weighted by Gasteiger charge is -2.36. The Labute approximate surface area is 188 Å². The molecule has 1 atom stereocenters. The number of ether oxygens (including phenoxy) is 1. The monoisotopic (exact) mass is 435 g/mol. The smallest absolute Gasteiger partial charge is 0.244 e. The second kappa shape index (κ2) is 10.4. The van der Waals surface area contributed by atoms with Gasteiger partial charge in [-0.2, -0.15) is 4.98 Å². The van der Waals surface area contributed by atoms with Crippen LogP contribution in [0, 0.1) is 0 Å². The number of carbonyl (C=O) groups excluding carboxylic acids is 1. The van der Waals surface area contributed by atoms with E-state index in [1.165, 1.54) is 0 Å². The molecule has 1 aromatic heterocycles. The van der Waals surface area contributed by atoms with Crippen molar-refractivity contribution in [2.75, 3.05) is 39.8 Å². The molecule has 0 saturated carbocycles. The number of amides is 1. The molecule has 1 fully saturated rings. The van der Waals surface area contributed by atoms with Gasteiger partial charge < -0.3 is 14.6 Å². The van der Waals surface area contributed by atoms with Crippen LogP contribution in [-0.2, 0) is 11.3 Å². The first-order valence-electron chi connectivity index (χ1n) is 10.9. The molecular weight excluding hydrogens is 406 g/mol. The van der Waals surface area contributed by atoms with Crippen molar-refractivity contribution in [1.29, 1.82) is 0 Å². The third kappa shape index (κ3) is 5.52. The molecule has 1 N–H and O–H groups in total. The molecule has 168 valence electrons. The van der Waals surface area contributed by atoms with Gasteiger partial charge in [-0.25, -0.2) is 0 Å². The highest BCUT2D eigenvalue weighted by Gasteiger charge is 2.26. The number of nitrogens with zero attached hydrogens (tertiary/aromatic N) is 4. The standard InChI is InChI=1S/C24H29N5O3/c1-18(24-26-23(27-32-24)20-8-4-3-5-9-20)29-13-11-28(12-14-29)17-22(30)25-16-19-7-6-10-21(15-19)31-2/h3-10,15,18H,11-14,16-17H2,1-2H3,(H,25,30). The lowest BCUT2D eigenvalue weighted by Crippen LogP contribution is -2.49. The van der Waals surface area contributed by atoms with Crippen molar-refractivity contribution in [3.05, 3.63) is 66.1 Å². The Morgan fingerprint density at radius 1 is 1.12 bits per heavy atom. The predicted molar refractivity (Wildman–Crippen MR) is 121 cm³/mol. The van der Waals surface area contributed by atoms with E-state index in [1.807, 2.05) is 54.6 Å². The summed E-state index contributed by atoms with van der Waals surface area (Å²) in [6.07, 6.45) is 0. The molecule has 1 aliphatic heterocycles. The molecule has 0 radical (unpaired) electrons. The fourth-order valence-electron chi connectivity index (χ4n) is 3.82. The van der Waals surface area contributed by atoms with E-state index in [2.05, 4.69) is 32.2 Å². The van der Waals surface area contributed by atoms with E-state index in [1.54, 1.807) is 7.11 Å². The van der Waals surface area contributed by atoms with Crippen LogP contribution in [0.1, 0.15) is 24.4 Å². The second-order valence-electron chi connectivity index (χ2n) is 7.94. The number of nitrogens with one attached hydrogen (secondary N) is 1. The Hall–Kier alpha value is -3.23. The number of hydrogen-bond acceptors (Lipinski definition) is 7. The van der Waals surface area contributed by atoms with Crippen molar-refractivity contribution in [2.24, 2.45) is 0 Å². The molecule has 1 unspecified atom stereocenters. The lowest BCUT2D eigenvalue weighted by molar-refractivity contribution is -0.122. The van der Waals surface area contributed by atoms with Crippen molar-refractivity contribution in [3.63, 3.8) is 0 Å². The van der Waals surface area contributed by atoms with Gasteiger partial charge in [-0.1, -0.05) is 47.6 Å². The van der Waals surface area contributed by atoms with Crippen molar-refractivity contribution in [2.45, 2.75) is 19.5 Å². The minimum absolute atomic E-state index is 0.0266. The number of aromatic nitrogens is 2. The lowest BCUT2D eigenvalue weighted by atomic mass is 10.2. The van der Waals surface area contributed by atoms with Gasteiger partial charge in [0.25, 0.3) is 0 Å². The van der Waals surface area contributed by atoms with E-state index in [-0.39, 0.29) is 11.9 Å². The van der Waals surface area contributed by atoms with Crippen LogP contribution in [0.2, 0.25) is 0 Å². The summed E-state index contributed by atoms with van der Waals surface area (Å²) in [6, 6.07) is 17.6. The van der Waals surface area contributed by atoms with Crippen molar-refractivity contribution >= 4 is 5.91 Å². The van der Waals surface area contributed by atoms with Gasteiger partial charge in [0.05, 0.1) is 19.7 Å². The molecule has 1 aliphatic rings. The van der Waals surface area contributed by atoms with Gasteiger partial charge in [0.15, 0.2) is 0 Å². The summed E-state index contributed by atoms with van der Waals surface area (Å²) < 4.78 is 10.8.